The average Bonchev–Trinajstić information content (AvgIpc) is 3.36. The number of hydrazone groups is 1. The van der Waals surface area contributed by atoms with Gasteiger partial charge in [0.2, 0.25) is 0 Å². The van der Waals surface area contributed by atoms with Gasteiger partial charge in [-0.2, -0.15) is 5.10 Å². The number of benzene rings is 2. The lowest BCUT2D eigenvalue weighted by molar-refractivity contribution is -0.127. The lowest BCUT2D eigenvalue weighted by Crippen LogP contribution is -2.25. The fourth-order valence-corrected chi connectivity index (χ4v) is 4.20. The Labute approximate surface area is 169 Å². The molecule has 6 heteroatoms. The molecule has 1 amide bonds. The zero-order valence-electron chi connectivity index (χ0n) is 16.0. The van der Waals surface area contributed by atoms with Crippen molar-refractivity contribution in [3.63, 3.8) is 0 Å². The van der Waals surface area contributed by atoms with E-state index in [4.69, 9.17) is 0 Å². The van der Waals surface area contributed by atoms with E-state index in [1.807, 2.05) is 41.1 Å². The maximum atomic E-state index is 12.6. The van der Waals surface area contributed by atoms with Crippen LogP contribution in [0.15, 0.2) is 71.2 Å². The second-order valence-corrected chi connectivity index (χ2v) is 7.84. The SMILES string of the molecule is Cc1cc(C)cc(-n2ccnc2SCC(=O)N2CCC(c3ccccc3)=N2)c1. The number of aromatic nitrogens is 2. The molecular weight excluding hydrogens is 368 g/mol. The number of carbonyl (C=O) groups excluding carboxylic acids is 1. The quantitative estimate of drug-likeness (QED) is 0.613. The van der Waals surface area contributed by atoms with Gasteiger partial charge in [-0.1, -0.05) is 48.2 Å². The zero-order valence-corrected chi connectivity index (χ0v) is 16.8. The molecule has 142 valence electrons. The fraction of sp³-hybridized carbons (Fsp3) is 0.227. The minimum atomic E-state index is 0.00547. The number of carbonyl (C=O) groups is 1. The summed E-state index contributed by atoms with van der Waals surface area (Å²) in [5, 5.41) is 6.91. The van der Waals surface area contributed by atoms with Gasteiger partial charge >= 0.3 is 0 Å². The molecular formula is C22H22N4OS. The van der Waals surface area contributed by atoms with Gasteiger partial charge < -0.3 is 0 Å². The predicted molar refractivity (Wildman–Crippen MR) is 113 cm³/mol. The summed E-state index contributed by atoms with van der Waals surface area (Å²) in [7, 11) is 0. The van der Waals surface area contributed by atoms with Crippen molar-refractivity contribution in [2.24, 2.45) is 5.10 Å². The van der Waals surface area contributed by atoms with Crippen molar-refractivity contribution < 1.29 is 4.79 Å². The van der Waals surface area contributed by atoms with Crippen LogP contribution in [0.2, 0.25) is 0 Å². The van der Waals surface area contributed by atoms with Crippen molar-refractivity contribution >= 4 is 23.4 Å². The van der Waals surface area contributed by atoms with Gasteiger partial charge in [0.25, 0.3) is 5.91 Å². The normalized spacial score (nSPS) is 13.6. The second-order valence-electron chi connectivity index (χ2n) is 6.89. The molecule has 0 spiro atoms. The highest BCUT2D eigenvalue weighted by molar-refractivity contribution is 7.99. The highest BCUT2D eigenvalue weighted by Gasteiger charge is 2.22. The third kappa shape index (κ3) is 4.02. The van der Waals surface area contributed by atoms with Crippen LogP contribution in [0.5, 0.6) is 0 Å². The molecule has 1 aliphatic rings. The lowest BCUT2D eigenvalue weighted by Gasteiger charge is -2.12. The maximum absolute atomic E-state index is 12.6. The third-order valence-corrected chi connectivity index (χ3v) is 5.56. The molecule has 0 N–H and O–H groups in total. The topological polar surface area (TPSA) is 50.5 Å². The molecule has 5 nitrogen and oxygen atoms in total. The van der Waals surface area contributed by atoms with Crippen molar-refractivity contribution in [1.82, 2.24) is 14.6 Å². The van der Waals surface area contributed by atoms with Gasteiger partial charge in [-0.25, -0.2) is 9.99 Å². The Hall–Kier alpha value is -2.86. The number of imidazole rings is 1. The Morgan fingerprint density at radius 3 is 2.61 bits per heavy atom. The van der Waals surface area contributed by atoms with Gasteiger partial charge in [0.1, 0.15) is 0 Å². The fourth-order valence-electron chi connectivity index (χ4n) is 3.35. The Balaban J connectivity index is 1.44. The van der Waals surface area contributed by atoms with Crippen LogP contribution in [0.25, 0.3) is 5.69 Å². The standard InChI is InChI=1S/C22H22N4OS/c1-16-12-17(2)14-19(13-16)25-11-9-23-22(25)28-15-21(27)26-10-8-20(24-26)18-6-4-3-5-7-18/h3-7,9,11-14H,8,10,15H2,1-2H3. The van der Waals surface area contributed by atoms with Crippen LogP contribution in [-0.2, 0) is 4.79 Å². The molecule has 0 unspecified atom stereocenters. The first-order valence-corrected chi connectivity index (χ1v) is 10.3. The number of hydrogen-bond acceptors (Lipinski definition) is 4. The van der Waals surface area contributed by atoms with Crippen molar-refractivity contribution in [3.8, 4) is 5.69 Å². The Morgan fingerprint density at radius 1 is 1.11 bits per heavy atom. The summed E-state index contributed by atoms with van der Waals surface area (Å²) in [5.74, 6) is 0.318. The first-order chi connectivity index (χ1) is 13.6. The van der Waals surface area contributed by atoms with E-state index < -0.39 is 0 Å². The Morgan fingerprint density at radius 2 is 1.86 bits per heavy atom. The minimum Gasteiger partial charge on any atom is -0.295 e. The Kier molecular flexibility index (Phi) is 5.30. The van der Waals surface area contributed by atoms with Crippen LogP contribution in [-0.4, -0.2) is 38.5 Å². The number of amides is 1. The highest BCUT2D eigenvalue weighted by atomic mass is 32.2. The van der Waals surface area contributed by atoms with Crippen LogP contribution < -0.4 is 0 Å². The molecule has 0 fully saturated rings. The molecule has 4 rings (SSSR count). The first-order valence-electron chi connectivity index (χ1n) is 9.28. The van der Waals surface area contributed by atoms with E-state index in [9.17, 15) is 4.79 Å². The summed E-state index contributed by atoms with van der Waals surface area (Å²) in [6, 6.07) is 16.4. The molecule has 0 radical (unpaired) electrons. The van der Waals surface area contributed by atoms with Gasteiger partial charge in [0, 0.05) is 24.5 Å². The first kappa shape index (κ1) is 18.5. The van der Waals surface area contributed by atoms with Gasteiger partial charge in [-0.3, -0.25) is 9.36 Å². The molecule has 0 saturated carbocycles. The summed E-state index contributed by atoms with van der Waals surface area (Å²) >= 11 is 1.44. The summed E-state index contributed by atoms with van der Waals surface area (Å²) in [5.41, 5.74) is 5.52. The number of nitrogens with zero attached hydrogens (tertiary/aromatic N) is 4. The van der Waals surface area contributed by atoms with Gasteiger partial charge in [-0.05, 0) is 42.7 Å². The molecule has 1 aromatic heterocycles. The minimum absolute atomic E-state index is 0.00547. The third-order valence-electron chi connectivity index (χ3n) is 4.61. The molecule has 3 aromatic rings. The Bertz CT molecular complexity index is 1010. The van der Waals surface area contributed by atoms with Gasteiger partial charge in [-0.15, -0.1) is 0 Å². The summed E-state index contributed by atoms with van der Waals surface area (Å²) in [4.78, 5) is 17.1. The van der Waals surface area contributed by atoms with Crippen molar-refractivity contribution in [1.29, 1.82) is 0 Å². The molecule has 2 aromatic carbocycles. The zero-order chi connectivity index (χ0) is 19.5. The predicted octanol–water partition coefficient (Wildman–Crippen LogP) is 4.22. The molecule has 2 heterocycles. The molecule has 0 atom stereocenters. The van der Waals surface area contributed by atoms with E-state index in [-0.39, 0.29) is 5.91 Å². The maximum Gasteiger partial charge on any atom is 0.253 e. The number of aryl methyl sites for hydroxylation is 2. The molecule has 0 aliphatic carbocycles. The van der Waals surface area contributed by atoms with Crippen LogP contribution >= 0.6 is 11.8 Å². The van der Waals surface area contributed by atoms with Crippen LogP contribution in [0.1, 0.15) is 23.1 Å². The summed E-state index contributed by atoms with van der Waals surface area (Å²) < 4.78 is 2.03. The number of thioether (sulfide) groups is 1. The molecule has 1 aliphatic heterocycles. The summed E-state index contributed by atoms with van der Waals surface area (Å²) in [6.45, 7) is 4.80. The summed E-state index contributed by atoms with van der Waals surface area (Å²) in [6.07, 6.45) is 4.49. The smallest absolute Gasteiger partial charge is 0.253 e. The van der Waals surface area contributed by atoms with Crippen LogP contribution in [0.4, 0.5) is 0 Å². The van der Waals surface area contributed by atoms with E-state index in [2.05, 4.69) is 42.1 Å². The van der Waals surface area contributed by atoms with Crippen molar-refractivity contribution in [2.45, 2.75) is 25.4 Å². The van der Waals surface area contributed by atoms with E-state index in [0.717, 1.165) is 28.5 Å². The molecule has 28 heavy (non-hydrogen) atoms. The van der Waals surface area contributed by atoms with Gasteiger partial charge in [0.15, 0.2) is 5.16 Å². The van der Waals surface area contributed by atoms with Crippen molar-refractivity contribution in [2.75, 3.05) is 12.3 Å². The lowest BCUT2D eigenvalue weighted by atomic mass is 10.1. The highest BCUT2D eigenvalue weighted by Crippen LogP contribution is 2.23. The average molecular weight is 391 g/mol. The number of rotatable bonds is 5. The van der Waals surface area contributed by atoms with E-state index in [1.54, 1.807) is 11.2 Å². The van der Waals surface area contributed by atoms with E-state index in [1.165, 1.54) is 22.9 Å². The van der Waals surface area contributed by atoms with E-state index >= 15 is 0 Å². The monoisotopic (exact) mass is 390 g/mol. The van der Waals surface area contributed by atoms with Gasteiger partial charge in [0.05, 0.1) is 18.0 Å². The number of hydrogen-bond donors (Lipinski definition) is 0. The van der Waals surface area contributed by atoms with Crippen molar-refractivity contribution in [3.05, 3.63) is 77.6 Å². The largest absolute Gasteiger partial charge is 0.295 e. The van der Waals surface area contributed by atoms with Crippen LogP contribution in [0.3, 0.4) is 0 Å². The molecule has 0 bridgehead atoms. The molecule has 0 saturated heterocycles. The second kappa shape index (κ2) is 8.02. The van der Waals surface area contributed by atoms with E-state index in [0.29, 0.717) is 12.3 Å². The van der Waals surface area contributed by atoms with Crippen LogP contribution in [0, 0.1) is 13.8 Å².